The maximum absolute atomic E-state index is 12.2. The lowest BCUT2D eigenvalue weighted by Crippen LogP contribution is -2.52. The fourth-order valence-corrected chi connectivity index (χ4v) is 3.63. The molecule has 1 unspecified atom stereocenters. The summed E-state index contributed by atoms with van der Waals surface area (Å²) in [5, 5.41) is 0. The van der Waals surface area contributed by atoms with E-state index in [0.717, 1.165) is 32.2 Å². The van der Waals surface area contributed by atoms with Crippen molar-refractivity contribution in [3.63, 3.8) is 0 Å². The Morgan fingerprint density at radius 1 is 1.05 bits per heavy atom. The number of hydrogen-bond donors (Lipinski definition) is 1. The van der Waals surface area contributed by atoms with Gasteiger partial charge in [0.1, 0.15) is 0 Å². The molecule has 19 heavy (non-hydrogen) atoms. The Morgan fingerprint density at radius 2 is 1.68 bits per heavy atom. The second-order valence-corrected chi connectivity index (χ2v) is 6.56. The standard InChI is InChI=1S/C15H27N3O/c16-14(12-5-6-12)11-15(19)18-9-7-17(8-10-18)13-3-1-2-4-13/h12-14H,1-11,16H2. The summed E-state index contributed by atoms with van der Waals surface area (Å²) in [6.07, 6.45) is 8.52. The number of rotatable bonds is 4. The smallest absolute Gasteiger partial charge is 0.224 e. The Bertz CT molecular complexity index is 315. The van der Waals surface area contributed by atoms with Crippen LogP contribution >= 0.6 is 0 Å². The van der Waals surface area contributed by atoms with Crippen LogP contribution in [0.5, 0.6) is 0 Å². The molecule has 1 amide bonds. The molecule has 0 bridgehead atoms. The zero-order chi connectivity index (χ0) is 13.2. The van der Waals surface area contributed by atoms with Crippen LogP contribution in [0.1, 0.15) is 44.9 Å². The summed E-state index contributed by atoms with van der Waals surface area (Å²) in [6.45, 7) is 3.95. The number of nitrogens with two attached hydrogens (primary N) is 1. The highest BCUT2D eigenvalue weighted by atomic mass is 16.2. The average molecular weight is 265 g/mol. The van der Waals surface area contributed by atoms with Gasteiger partial charge in [0.15, 0.2) is 0 Å². The summed E-state index contributed by atoms with van der Waals surface area (Å²) in [4.78, 5) is 16.8. The molecular formula is C15H27N3O. The van der Waals surface area contributed by atoms with Crippen molar-refractivity contribution in [2.75, 3.05) is 26.2 Å². The van der Waals surface area contributed by atoms with Gasteiger partial charge in [-0.2, -0.15) is 0 Å². The third-order valence-corrected chi connectivity index (χ3v) is 5.15. The summed E-state index contributed by atoms with van der Waals surface area (Å²) >= 11 is 0. The first kappa shape index (κ1) is 13.4. The minimum atomic E-state index is 0.111. The van der Waals surface area contributed by atoms with Crippen LogP contribution in [-0.2, 0) is 4.79 Å². The van der Waals surface area contributed by atoms with Gasteiger partial charge in [0.2, 0.25) is 5.91 Å². The van der Waals surface area contributed by atoms with Gasteiger partial charge in [0, 0.05) is 44.7 Å². The summed E-state index contributed by atoms with van der Waals surface area (Å²) in [6, 6.07) is 0.909. The number of amides is 1. The van der Waals surface area contributed by atoms with E-state index in [2.05, 4.69) is 4.90 Å². The maximum Gasteiger partial charge on any atom is 0.224 e. The van der Waals surface area contributed by atoms with Crippen LogP contribution in [-0.4, -0.2) is 54.0 Å². The van der Waals surface area contributed by atoms with Gasteiger partial charge in [-0.15, -0.1) is 0 Å². The first-order valence-electron chi connectivity index (χ1n) is 8.01. The van der Waals surface area contributed by atoms with Crippen molar-refractivity contribution in [1.29, 1.82) is 0 Å². The SMILES string of the molecule is NC(CC(=O)N1CCN(C2CCCC2)CC1)C1CC1. The molecule has 3 aliphatic rings. The maximum atomic E-state index is 12.2. The Kier molecular flexibility index (Phi) is 4.08. The quantitative estimate of drug-likeness (QED) is 0.831. The second kappa shape index (κ2) is 5.80. The molecule has 4 nitrogen and oxygen atoms in total. The molecular weight excluding hydrogens is 238 g/mol. The Hall–Kier alpha value is -0.610. The van der Waals surface area contributed by atoms with Gasteiger partial charge in [0.05, 0.1) is 0 Å². The molecule has 0 aromatic carbocycles. The number of carbonyl (C=O) groups is 1. The van der Waals surface area contributed by atoms with Crippen molar-refractivity contribution < 1.29 is 4.79 Å². The number of carbonyl (C=O) groups excluding carboxylic acids is 1. The van der Waals surface area contributed by atoms with Crippen molar-refractivity contribution in [3.05, 3.63) is 0 Å². The topological polar surface area (TPSA) is 49.6 Å². The van der Waals surface area contributed by atoms with Crippen LogP contribution in [0.3, 0.4) is 0 Å². The third-order valence-electron chi connectivity index (χ3n) is 5.15. The molecule has 2 aliphatic carbocycles. The lowest BCUT2D eigenvalue weighted by atomic mass is 10.1. The highest BCUT2D eigenvalue weighted by Crippen LogP contribution is 2.33. The summed E-state index contributed by atoms with van der Waals surface area (Å²) in [5.41, 5.74) is 6.06. The first-order valence-corrected chi connectivity index (χ1v) is 8.01. The van der Waals surface area contributed by atoms with Gasteiger partial charge >= 0.3 is 0 Å². The highest BCUT2D eigenvalue weighted by molar-refractivity contribution is 5.77. The van der Waals surface area contributed by atoms with Gasteiger partial charge in [-0.1, -0.05) is 12.8 Å². The Morgan fingerprint density at radius 3 is 2.26 bits per heavy atom. The van der Waals surface area contributed by atoms with Crippen LogP contribution in [0.2, 0.25) is 0 Å². The molecule has 1 atom stereocenters. The molecule has 1 heterocycles. The highest BCUT2D eigenvalue weighted by Gasteiger charge is 2.32. The van der Waals surface area contributed by atoms with Gasteiger partial charge in [-0.25, -0.2) is 0 Å². The van der Waals surface area contributed by atoms with E-state index >= 15 is 0 Å². The second-order valence-electron chi connectivity index (χ2n) is 6.56. The molecule has 1 aliphatic heterocycles. The first-order chi connectivity index (χ1) is 9.24. The van der Waals surface area contributed by atoms with E-state index in [0.29, 0.717) is 12.3 Å². The fraction of sp³-hybridized carbons (Fsp3) is 0.933. The number of piperazine rings is 1. The predicted molar refractivity (Wildman–Crippen MR) is 75.7 cm³/mol. The minimum Gasteiger partial charge on any atom is -0.340 e. The van der Waals surface area contributed by atoms with E-state index in [9.17, 15) is 4.79 Å². The molecule has 4 heteroatoms. The van der Waals surface area contributed by atoms with Gasteiger partial charge in [-0.3, -0.25) is 9.69 Å². The average Bonchev–Trinajstić information content (AvgIpc) is 3.14. The zero-order valence-corrected chi connectivity index (χ0v) is 11.9. The molecule has 2 saturated carbocycles. The minimum absolute atomic E-state index is 0.111. The van der Waals surface area contributed by atoms with Crippen molar-refractivity contribution >= 4 is 5.91 Å². The molecule has 1 saturated heterocycles. The van der Waals surface area contributed by atoms with Crippen LogP contribution in [0.25, 0.3) is 0 Å². The van der Waals surface area contributed by atoms with Crippen molar-refractivity contribution in [2.24, 2.45) is 11.7 Å². The molecule has 3 rings (SSSR count). The largest absolute Gasteiger partial charge is 0.340 e. The van der Waals surface area contributed by atoms with Crippen molar-refractivity contribution in [3.8, 4) is 0 Å². The van der Waals surface area contributed by atoms with Gasteiger partial charge < -0.3 is 10.6 Å². The molecule has 108 valence electrons. The fourth-order valence-electron chi connectivity index (χ4n) is 3.63. The lowest BCUT2D eigenvalue weighted by Gasteiger charge is -2.38. The Balaban J connectivity index is 1.42. The summed E-state index contributed by atoms with van der Waals surface area (Å²) in [5.74, 6) is 0.911. The van der Waals surface area contributed by atoms with Gasteiger partial charge in [-0.05, 0) is 31.6 Å². The normalized spacial score (nSPS) is 27.7. The van der Waals surface area contributed by atoms with E-state index in [-0.39, 0.29) is 11.9 Å². The van der Waals surface area contributed by atoms with Crippen LogP contribution in [0.15, 0.2) is 0 Å². The summed E-state index contributed by atoms with van der Waals surface area (Å²) in [7, 11) is 0. The lowest BCUT2D eigenvalue weighted by molar-refractivity contribution is -0.133. The van der Waals surface area contributed by atoms with Gasteiger partial charge in [0.25, 0.3) is 0 Å². The van der Waals surface area contributed by atoms with E-state index in [4.69, 9.17) is 5.73 Å². The number of hydrogen-bond acceptors (Lipinski definition) is 3. The molecule has 3 fully saturated rings. The van der Waals surface area contributed by atoms with E-state index in [1.807, 2.05) is 4.90 Å². The van der Waals surface area contributed by atoms with Crippen molar-refractivity contribution in [2.45, 2.75) is 57.0 Å². The molecule has 0 spiro atoms. The van der Waals surface area contributed by atoms with Crippen molar-refractivity contribution in [1.82, 2.24) is 9.80 Å². The molecule has 0 aromatic heterocycles. The monoisotopic (exact) mass is 265 g/mol. The third kappa shape index (κ3) is 3.29. The predicted octanol–water partition coefficient (Wildman–Crippen LogP) is 1.20. The zero-order valence-electron chi connectivity index (χ0n) is 11.9. The molecule has 0 radical (unpaired) electrons. The number of nitrogens with zero attached hydrogens (tertiary/aromatic N) is 2. The van der Waals surface area contributed by atoms with E-state index < -0.39 is 0 Å². The van der Waals surface area contributed by atoms with E-state index in [1.165, 1.54) is 38.5 Å². The summed E-state index contributed by atoms with van der Waals surface area (Å²) < 4.78 is 0. The van der Waals surface area contributed by atoms with Crippen LogP contribution < -0.4 is 5.73 Å². The molecule has 0 aromatic rings. The van der Waals surface area contributed by atoms with Crippen LogP contribution in [0.4, 0.5) is 0 Å². The van der Waals surface area contributed by atoms with E-state index in [1.54, 1.807) is 0 Å². The molecule has 2 N–H and O–H groups in total. The van der Waals surface area contributed by atoms with Crippen LogP contribution in [0, 0.1) is 5.92 Å². The Labute approximate surface area is 116 Å².